The van der Waals surface area contributed by atoms with Crippen LogP contribution in [0.1, 0.15) is 12.0 Å². The van der Waals surface area contributed by atoms with E-state index >= 15 is 0 Å². The minimum absolute atomic E-state index is 0.200. The Labute approximate surface area is 119 Å². The van der Waals surface area contributed by atoms with Crippen molar-refractivity contribution in [3.8, 4) is 0 Å². The summed E-state index contributed by atoms with van der Waals surface area (Å²) >= 11 is 5.24. The van der Waals surface area contributed by atoms with Crippen LogP contribution < -0.4 is 4.90 Å². The fourth-order valence-corrected chi connectivity index (χ4v) is 3.74. The van der Waals surface area contributed by atoms with E-state index in [0.717, 1.165) is 29.2 Å². The number of halogens is 1. The molecule has 1 unspecified atom stereocenters. The maximum atomic E-state index is 11.2. The Morgan fingerprint density at radius 1 is 1.61 bits per heavy atom. The molecule has 0 N–H and O–H groups in total. The molecule has 0 saturated carbocycles. The maximum Gasteiger partial charge on any atom is 0.292 e. The maximum absolute atomic E-state index is 11.2. The van der Waals surface area contributed by atoms with Gasteiger partial charge in [0.05, 0.1) is 4.92 Å². The number of thioether (sulfide) groups is 1. The van der Waals surface area contributed by atoms with E-state index in [9.17, 15) is 10.1 Å². The lowest BCUT2D eigenvalue weighted by molar-refractivity contribution is -0.384. The van der Waals surface area contributed by atoms with Crippen LogP contribution in [-0.4, -0.2) is 29.5 Å². The van der Waals surface area contributed by atoms with E-state index in [1.165, 1.54) is 0 Å². The number of nitrogens with zero attached hydrogens (tertiary/aromatic N) is 2. The standard InChI is InChI=1S/C12H15BrN2O2S/c1-14(10-4-5-18-8-10)11-3-2-9(7-13)6-12(11)15(16)17/h2-3,6,10H,4-5,7-8H2,1H3. The van der Waals surface area contributed by atoms with E-state index in [1.54, 1.807) is 6.07 Å². The van der Waals surface area contributed by atoms with Crippen molar-refractivity contribution >= 4 is 39.1 Å². The summed E-state index contributed by atoms with van der Waals surface area (Å²) in [6.45, 7) is 0. The second-order valence-electron chi connectivity index (χ2n) is 4.34. The number of alkyl halides is 1. The van der Waals surface area contributed by atoms with Crippen LogP contribution >= 0.6 is 27.7 Å². The van der Waals surface area contributed by atoms with E-state index in [4.69, 9.17) is 0 Å². The predicted octanol–water partition coefficient (Wildman–Crippen LogP) is 3.43. The van der Waals surface area contributed by atoms with Crippen molar-refractivity contribution in [1.82, 2.24) is 0 Å². The van der Waals surface area contributed by atoms with Crippen LogP contribution in [0.25, 0.3) is 0 Å². The smallest absolute Gasteiger partial charge is 0.292 e. The van der Waals surface area contributed by atoms with Crippen molar-refractivity contribution in [3.63, 3.8) is 0 Å². The Hall–Kier alpha value is -0.750. The average molecular weight is 331 g/mol. The van der Waals surface area contributed by atoms with Gasteiger partial charge < -0.3 is 4.90 Å². The van der Waals surface area contributed by atoms with Crippen LogP contribution in [-0.2, 0) is 5.33 Å². The van der Waals surface area contributed by atoms with Crippen molar-refractivity contribution in [2.24, 2.45) is 0 Å². The normalized spacial score (nSPS) is 18.9. The molecular weight excluding hydrogens is 316 g/mol. The first-order valence-corrected chi connectivity index (χ1v) is 8.05. The lowest BCUT2D eigenvalue weighted by Crippen LogP contribution is -2.31. The molecule has 98 valence electrons. The predicted molar refractivity (Wildman–Crippen MR) is 79.9 cm³/mol. The van der Waals surface area contributed by atoms with Gasteiger partial charge in [-0.1, -0.05) is 22.0 Å². The molecule has 0 aliphatic carbocycles. The van der Waals surface area contributed by atoms with Gasteiger partial charge >= 0.3 is 0 Å². The molecule has 1 aliphatic rings. The molecule has 0 bridgehead atoms. The molecule has 1 aliphatic heterocycles. The van der Waals surface area contributed by atoms with Crippen LogP contribution in [0.2, 0.25) is 0 Å². The molecule has 0 aromatic heterocycles. The van der Waals surface area contributed by atoms with Gasteiger partial charge in [0.1, 0.15) is 5.69 Å². The Bertz CT molecular complexity index is 450. The number of benzene rings is 1. The summed E-state index contributed by atoms with van der Waals surface area (Å²) in [7, 11) is 1.95. The molecule has 0 radical (unpaired) electrons. The van der Waals surface area contributed by atoms with Gasteiger partial charge in [0.25, 0.3) is 5.69 Å². The number of nitro benzene ring substituents is 1. The zero-order chi connectivity index (χ0) is 13.1. The largest absolute Gasteiger partial charge is 0.365 e. The molecule has 0 amide bonds. The highest BCUT2D eigenvalue weighted by Crippen LogP contribution is 2.33. The SMILES string of the molecule is CN(c1ccc(CBr)cc1[N+](=O)[O-])C1CCSC1. The summed E-state index contributed by atoms with van der Waals surface area (Å²) in [5, 5.41) is 11.8. The zero-order valence-electron chi connectivity index (χ0n) is 10.1. The summed E-state index contributed by atoms with van der Waals surface area (Å²) in [5.74, 6) is 2.19. The molecule has 1 fully saturated rings. The Kier molecular flexibility index (Phi) is 4.50. The molecule has 0 spiro atoms. The number of anilines is 1. The Morgan fingerprint density at radius 2 is 2.39 bits per heavy atom. The topological polar surface area (TPSA) is 46.4 Å². The zero-order valence-corrected chi connectivity index (χ0v) is 12.5. The Balaban J connectivity index is 2.33. The minimum atomic E-state index is -0.292. The van der Waals surface area contributed by atoms with E-state index in [-0.39, 0.29) is 10.6 Å². The third kappa shape index (κ3) is 2.80. The fraction of sp³-hybridized carbons (Fsp3) is 0.500. The van der Waals surface area contributed by atoms with Crippen molar-refractivity contribution in [3.05, 3.63) is 33.9 Å². The molecule has 1 atom stereocenters. The van der Waals surface area contributed by atoms with Gasteiger partial charge in [-0.05, 0) is 23.8 Å². The average Bonchev–Trinajstić information content (AvgIpc) is 2.91. The molecule has 2 rings (SSSR count). The molecule has 1 saturated heterocycles. The lowest BCUT2D eigenvalue weighted by atomic mass is 10.1. The second kappa shape index (κ2) is 5.93. The van der Waals surface area contributed by atoms with Gasteiger partial charge in [-0.15, -0.1) is 0 Å². The van der Waals surface area contributed by atoms with Crippen LogP contribution in [0.15, 0.2) is 18.2 Å². The van der Waals surface area contributed by atoms with E-state index in [0.29, 0.717) is 11.4 Å². The van der Waals surface area contributed by atoms with E-state index in [2.05, 4.69) is 20.8 Å². The van der Waals surface area contributed by atoms with Gasteiger partial charge in [0, 0.05) is 30.2 Å². The highest BCUT2D eigenvalue weighted by molar-refractivity contribution is 9.08. The first-order valence-electron chi connectivity index (χ1n) is 5.77. The lowest BCUT2D eigenvalue weighted by Gasteiger charge is -2.25. The molecule has 1 heterocycles. The van der Waals surface area contributed by atoms with Gasteiger partial charge in [0.15, 0.2) is 0 Å². The summed E-state index contributed by atoms with van der Waals surface area (Å²) < 4.78 is 0. The summed E-state index contributed by atoms with van der Waals surface area (Å²) in [4.78, 5) is 12.9. The Morgan fingerprint density at radius 3 is 2.94 bits per heavy atom. The van der Waals surface area contributed by atoms with Gasteiger partial charge in [-0.25, -0.2) is 0 Å². The van der Waals surface area contributed by atoms with Gasteiger partial charge in [0.2, 0.25) is 0 Å². The second-order valence-corrected chi connectivity index (χ2v) is 6.05. The third-order valence-corrected chi connectivity index (χ3v) is 5.02. The third-order valence-electron chi connectivity index (χ3n) is 3.22. The first-order chi connectivity index (χ1) is 8.63. The van der Waals surface area contributed by atoms with Crippen LogP contribution in [0.4, 0.5) is 11.4 Å². The number of nitro groups is 1. The fourth-order valence-electron chi connectivity index (χ4n) is 2.12. The van der Waals surface area contributed by atoms with Crippen LogP contribution in [0.5, 0.6) is 0 Å². The minimum Gasteiger partial charge on any atom is -0.365 e. The monoisotopic (exact) mass is 330 g/mol. The molecule has 6 heteroatoms. The van der Waals surface area contributed by atoms with Crippen molar-refractivity contribution in [2.45, 2.75) is 17.8 Å². The quantitative estimate of drug-likeness (QED) is 0.482. The summed E-state index contributed by atoms with van der Waals surface area (Å²) in [6.07, 6.45) is 1.10. The number of hydrogen-bond acceptors (Lipinski definition) is 4. The summed E-state index contributed by atoms with van der Waals surface area (Å²) in [5.41, 5.74) is 1.85. The molecular formula is C12H15BrN2O2S. The molecule has 1 aromatic carbocycles. The number of hydrogen-bond donors (Lipinski definition) is 0. The molecule has 18 heavy (non-hydrogen) atoms. The van der Waals surface area contributed by atoms with Crippen molar-refractivity contribution in [2.75, 3.05) is 23.5 Å². The van der Waals surface area contributed by atoms with Gasteiger partial charge in [-0.2, -0.15) is 11.8 Å². The number of rotatable bonds is 4. The summed E-state index contributed by atoms with van der Waals surface area (Å²) in [6, 6.07) is 5.86. The highest BCUT2D eigenvalue weighted by Gasteiger charge is 2.25. The van der Waals surface area contributed by atoms with Crippen molar-refractivity contribution in [1.29, 1.82) is 0 Å². The van der Waals surface area contributed by atoms with E-state index < -0.39 is 0 Å². The highest BCUT2D eigenvalue weighted by atomic mass is 79.9. The van der Waals surface area contributed by atoms with Gasteiger partial charge in [-0.3, -0.25) is 10.1 Å². The van der Waals surface area contributed by atoms with Crippen molar-refractivity contribution < 1.29 is 4.92 Å². The molecule has 4 nitrogen and oxygen atoms in total. The van der Waals surface area contributed by atoms with Crippen LogP contribution in [0, 0.1) is 10.1 Å². The molecule has 1 aromatic rings. The van der Waals surface area contributed by atoms with Crippen LogP contribution in [0.3, 0.4) is 0 Å². The first kappa shape index (κ1) is 13.7. The van der Waals surface area contributed by atoms with E-state index in [1.807, 2.05) is 30.9 Å².